The van der Waals surface area contributed by atoms with Crippen LogP contribution in [0.5, 0.6) is 5.75 Å². The van der Waals surface area contributed by atoms with Crippen LogP contribution in [0.1, 0.15) is 34.3 Å². The van der Waals surface area contributed by atoms with E-state index in [1.807, 2.05) is 48.2 Å². The number of halogens is 1. The first-order valence-corrected chi connectivity index (χ1v) is 14.0. The SMILES string of the molecule is Cc1cccc(C(=O)N2CCC3(CC2)Oc2ccccc2C2=NI(C)C=C23)c1. The number of hydrogen-bond donors (Lipinski definition) is 0. The molecule has 0 aliphatic carbocycles. The molecule has 0 saturated carbocycles. The predicted octanol–water partition coefficient (Wildman–Crippen LogP) is 4.80. The van der Waals surface area contributed by atoms with Crippen molar-refractivity contribution in [2.24, 2.45) is 3.21 Å². The van der Waals surface area contributed by atoms with Crippen LogP contribution < -0.4 is 4.74 Å². The molecule has 5 rings (SSSR count). The quantitative estimate of drug-likeness (QED) is 0.430. The van der Waals surface area contributed by atoms with Gasteiger partial charge in [-0.15, -0.1) is 0 Å². The van der Waals surface area contributed by atoms with Crippen LogP contribution in [0.4, 0.5) is 0 Å². The van der Waals surface area contributed by atoms with Crippen LogP contribution in [-0.4, -0.2) is 40.1 Å². The van der Waals surface area contributed by atoms with E-state index in [9.17, 15) is 4.79 Å². The average molecular weight is 486 g/mol. The Kier molecular flexibility index (Phi) is 4.30. The predicted molar refractivity (Wildman–Crippen MR) is 121 cm³/mol. The third-order valence-corrected chi connectivity index (χ3v) is 8.57. The fraction of sp³-hybridized carbons (Fsp3) is 0.304. The van der Waals surface area contributed by atoms with Crippen molar-refractivity contribution in [3.63, 3.8) is 0 Å². The Labute approximate surface area is 173 Å². The molecule has 0 N–H and O–H groups in total. The molecule has 28 heavy (non-hydrogen) atoms. The molecular weight excluding hydrogens is 463 g/mol. The normalized spacial score (nSPS) is 20.8. The molecule has 0 aromatic heterocycles. The number of likely N-dealkylation sites (tertiary alicyclic amines) is 1. The molecule has 0 unspecified atom stereocenters. The number of ether oxygens (including phenoxy) is 1. The number of fused-ring (bicyclic) bond motifs is 4. The Morgan fingerprint density at radius 2 is 1.93 bits per heavy atom. The van der Waals surface area contributed by atoms with Crippen molar-refractivity contribution >= 4 is 31.7 Å². The first-order chi connectivity index (χ1) is 13.6. The molecule has 2 aromatic rings. The fourth-order valence-corrected chi connectivity index (χ4v) is 7.52. The van der Waals surface area contributed by atoms with Crippen LogP contribution in [0.15, 0.2) is 61.4 Å². The van der Waals surface area contributed by atoms with Crippen LogP contribution in [0, 0.1) is 6.92 Å². The van der Waals surface area contributed by atoms with Crippen LogP contribution in [-0.2, 0) is 0 Å². The van der Waals surface area contributed by atoms with Gasteiger partial charge in [0.25, 0.3) is 0 Å². The number of nitrogens with zero attached hydrogens (tertiary/aromatic N) is 2. The molecule has 0 radical (unpaired) electrons. The molecule has 4 nitrogen and oxygen atoms in total. The summed E-state index contributed by atoms with van der Waals surface area (Å²) in [5.74, 6) is 1.05. The van der Waals surface area contributed by atoms with E-state index in [2.05, 4.69) is 21.1 Å². The molecule has 2 aromatic carbocycles. The molecule has 3 aliphatic rings. The van der Waals surface area contributed by atoms with Gasteiger partial charge in [0.2, 0.25) is 0 Å². The van der Waals surface area contributed by atoms with Crippen LogP contribution in [0.25, 0.3) is 0 Å². The van der Waals surface area contributed by atoms with Gasteiger partial charge >= 0.3 is 173 Å². The van der Waals surface area contributed by atoms with Gasteiger partial charge in [-0.3, -0.25) is 0 Å². The Morgan fingerprint density at radius 3 is 2.71 bits per heavy atom. The second-order valence-electron chi connectivity index (χ2n) is 7.69. The standard InChI is InChI=1S/C23H23IN2O2/c1-16-6-5-7-17(14-16)22(27)26-12-10-23(11-13-26)19-15-24(2)25-21(19)18-8-3-4-9-20(18)28-23/h3-9,14-15H,10-13H2,1-2H3. The number of amides is 1. The zero-order valence-corrected chi connectivity index (χ0v) is 18.3. The number of hydrogen-bond acceptors (Lipinski definition) is 3. The van der Waals surface area contributed by atoms with E-state index < -0.39 is 20.1 Å². The van der Waals surface area contributed by atoms with Crippen LogP contribution in [0.2, 0.25) is 0 Å². The molecule has 1 fully saturated rings. The van der Waals surface area contributed by atoms with Gasteiger partial charge in [-0.1, -0.05) is 0 Å². The van der Waals surface area contributed by atoms with Gasteiger partial charge in [0.05, 0.1) is 0 Å². The van der Waals surface area contributed by atoms with E-state index in [0.717, 1.165) is 41.0 Å². The van der Waals surface area contributed by atoms with E-state index in [1.165, 1.54) is 5.57 Å². The van der Waals surface area contributed by atoms with Gasteiger partial charge in [-0.25, -0.2) is 0 Å². The molecule has 5 heteroatoms. The first-order valence-electron chi connectivity index (χ1n) is 9.60. The summed E-state index contributed by atoms with van der Waals surface area (Å²) in [5.41, 5.74) is 5.10. The number of benzene rings is 2. The number of aryl methyl sites for hydroxylation is 1. The molecule has 1 amide bonds. The Hall–Kier alpha value is -2.15. The molecule has 3 aliphatic heterocycles. The molecule has 0 bridgehead atoms. The van der Waals surface area contributed by atoms with Crippen molar-refractivity contribution < 1.29 is 9.53 Å². The van der Waals surface area contributed by atoms with Crippen molar-refractivity contribution in [1.29, 1.82) is 0 Å². The zero-order chi connectivity index (χ0) is 19.3. The Morgan fingerprint density at radius 1 is 1.14 bits per heavy atom. The van der Waals surface area contributed by atoms with Gasteiger partial charge in [0.1, 0.15) is 0 Å². The van der Waals surface area contributed by atoms with Crippen molar-refractivity contribution in [1.82, 2.24) is 4.90 Å². The van der Waals surface area contributed by atoms with Crippen molar-refractivity contribution in [2.75, 3.05) is 18.0 Å². The van der Waals surface area contributed by atoms with Crippen LogP contribution in [0.3, 0.4) is 0 Å². The summed E-state index contributed by atoms with van der Waals surface area (Å²) >= 11 is -1.42. The Balaban J connectivity index is 1.42. The minimum atomic E-state index is -1.42. The molecule has 3 heterocycles. The fourth-order valence-electron chi connectivity index (χ4n) is 4.34. The van der Waals surface area contributed by atoms with Gasteiger partial charge in [0.15, 0.2) is 0 Å². The summed E-state index contributed by atoms with van der Waals surface area (Å²) in [6.07, 6.45) is 1.63. The van der Waals surface area contributed by atoms with Crippen molar-refractivity contribution in [3.05, 3.63) is 74.9 Å². The summed E-state index contributed by atoms with van der Waals surface area (Å²) in [6.45, 7) is 3.43. The van der Waals surface area contributed by atoms with Crippen LogP contribution >= 0.6 is 20.1 Å². The third kappa shape index (κ3) is 2.87. The summed E-state index contributed by atoms with van der Waals surface area (Å²) in [7, 11) is 0. The minimum absolute atomic E-state index is 0.119. The molecular formula is C23H23IN2O2. The van der Waals surface area contributed by atoms with Gasteiger partial charge in [0, 0.05) is 0 Å². The molecule has 144 valence electrons. The maximum absolute atomic E-state index is 13.0. The second-order valence-corrected chi connectivity index (χ2v) is 11.6. The number of alkyl halides is 1. The van der Waals surface area contributed by atoms with Gasteiger partial charge < -0.3 is 0 Å². The second kappa shape index (κ2) is 6.72. The van der Waals surface area contributed by atoms with E-state index in [0.29, 0.717) is 13.1 Å². The molecule has 1 saturated heterocycles. The van der Waals surface area contributed by atoms with Gasteiger partial charge in [-0.05, 0) is 0 Å². The topological polar surface area (TPSA) is 41.9 Å². The summed E-state index contributed by atoms with van der Waals surface area (Å²) < 4.78 is 14.0. The van der Waals surface area contributed by atoms with Crippen molar-refractivity contribution in [2.45, 2.75) is 25.4 Å². The maximum atomic E-state index is 13.0. The zero-order valence-electron chi connectivity index (χ0n) is 16.1. The van der Waals surface area contributed by atoms with E-state index in [4.69, 9.17) is 7.94 Å². The monoisotopic (exact) mass is 486 g/mol. The number of para-hydroxylation sites is 1. The average Bonchev–Trinajstić information content (AvgIpc) is 3.11. The number of carbonyl (C=O) groups excluding carboxylic acids is 1. The molecule has 1 spiro atoms. The summed E-state index contributed by atoms with van der Waals surface area (Å²) in [4.78, 5) is 17.2. The van der Waals surface area contributed by atoms with E-state index >= 15 is 0 Å². The third-order valence-electron chi connectivity index (χ3n) is 5.80. The summed E-state index contributed by atoms with van der Waals surface area (Å²) in [5, 5.41) is 0. The number of carbonyl (C=O) groups is 1. The van der Waals surface area contributed by atoms with Gasteiger partial charge in [-0.2, -0.15) is 0 Å². The van der Waals surface area contributed by atoms with E-state index in [-0.39, 0.29) is 11.5 Å². The Bertz CT molecular complexity index is 1020. The number of rotatable bonds is 1. The molecule has 0 atom stereocenters. The van der Waals surface area contributed by atoms with Crippen molar-refractivity contribution in [3.8, 4) is 5.75 Å². The summed E-state index contributed by atoms with van der Waals surface area (Å²) in [6, 6.07) is 16.1. The number of piperidine rings is 1. The first kappa shape index (κ1) is 17.9. The van der Waals surface area contributed by atoms with E-state index in [1.54, 1.807) is 0 Å².